The Balaban J connectivity index is 2.41. The summed E-state index contributed by atoms with van der Waals surface area (Å²) in [4.78, 5) is 2.80. The molecule has 0 atom stereocenters. The largest absolute Gasteiger partial charge is 0.330 e. The smallest absolute Gasteiger partial charge is 0.182 e. The highest BCUT2D eigenvalue weighted by molar-refractivity contribution is 7.71. The van der Waals surface area contributed by atoms with Gasteiger partial charge in [0.2, 0.25) is 0 Å². The molecular formula is C13H6ClF3N2S. The van der Waals surface area contributed by atoms with Gasteiger partial charge in [-0.2, -0.15) is 0 Å². The summed E-state index contributed by atoms with van der Waals surface area (Å²) in [6.07, 6.45) is 0. The van der Waals surface area contributed by atoms with Crippen LogP contribution in [0.5, 0.6) is 0 Å². The lowest BCUT2D eigenvalue weighted by Crippen LogP contribution is -2.02. The molecule has 0 aliphatic heterocycles. The van der Waals surface area contributed by atoms with E-state index in [9.17, 15) is 13.2 Å². The van der Waals surface area contributed by atoms with E-state index < -0.39 is 23.1 Å². The van der Waals surface area contributed by atoms with Crippen LogP contribution in [0.2, 0.25) is 5.02 Å². The number of aromatic nitrogens is 2. The summed E-state index contributed by atoms with van der Waals surface area (Å²) in [6, 6.07) is 5.95. The Labute approximate surface area is 121 Å². The molecule has 0 spiro atoms. The molecule has 1 aromatic heterocycles. The number of hydrogen-bond acceptors (Lipinski definition) is 1. The van der Waals surface area contributed by atoms with Crippen molar-refractivity contribution >= 4 is 34.9 Å². The number of aromatic amines is 1. The Morgan fingerprint density at radius 1 is 1.05 bits per heavy atom. The quantitative estimate of drug-likeness (QED) is 0.642. The number of imidazole rings is 1. The van der Waals surface area contributed by atoms with Crippen molar-refractivity contribution in [2.45, 2.75) is 0 Å². The van der Waals surface area contributed by atoms with Gasteiger partial charge < -0.3 is 4.98 Å². The summed E-state index contributed by atoms with van der Waals surface area (Å²) in [6.45, 7) is 0. The number of halogens is 4. The maximum Gasteiger partial charge on any atom is 0.182 e. The maximum atomic E-state index is 13.9. The second-order valence-corrected chi connectivity index (χ2v) is 4.97. The zero-order valence-electron chi connectivity index (χ0n) is 9.75. The molecule has 0 saturated heterocycles. The van der Waals surface area contributed by atoms with Crippen molar-refractivity contribution in [1.29, 1.82) is 0 Å². The highest BCUT2D eigenvalue weighted by Gasteiger charge is 2.17. The van der Waals surface area contributed by atoms with Gasteiger partial charge in [0.25, 0.3) is 0 Å². The summed E-state index contributed by atoms with van der Waals surface area (Å²) in [5.74, 6) is -3.05. The van der Waals surface area contributed by atoms with Crippen molar-refractivity contribution in [3.8, 4) is 5.69 Å². The molecule has 20 heavy (non-hydrogen) atoms. The minimum atomic E-state index is -1.03. The third-order valence-electron chi connectivity index (χ3n) is 2.85. The minimum absolute atomic E-state index is 0.0895. The molecule has 0 unspecified atom stereocenters. The third kappa shape index (κ3) is 2.01. The van der Waals surface area contributed by atoms with Crippen LogP contribution in [0.1, 0.15) is 0 Å². The number of rotatable bonds is 1. The van der Waals surface area contributed by atoms with Gasteiger partial charge in [-0.05, 0) is 30.4 Å². The molecule has 0 saturated carbocycles. The molecule has 0 aliphatic rings. The van der Waals surface area contributed by atoms with Crippen LogP contribution in [0.4, 0.5) is 13.2 Å². The molecule has 0 fully saturated rings. The minimum Gasteiger partial charge on any atom is -0.330 e. The van der Waals surface area contributed by atoms with E-state index in [1.807, 2.05) is 0 Å². The van der Waals surface area contributed by atoms with Crippen LogP contribution in [-0.4, -0.2) is 9.55 Å². The Morgan fingerprint density at radius 2 is 1.70 bits per heavy atom. The predicted molar refractivity (Wildman–Crippen MR) is 73.3 cm³/mol. The first-order chi connectivity index (χ1) is 9.47. The average Bonchev–Trinajstić information content (AvgIpc) is 2.64. The van der Waals surface area contributed by atoms with Gasteiger partial charge in [-0.3, -0.25) is 4.57 Å². The van der Waals surface area contributed by atoms with Crippen LogP contribution >= 0.6 is 23.8 Å². The van der Waals surface area contributed by atoms with Crippen molar-refractivity contribution in [2.75, 3.05) is 0 Å². The van der Waals surface area contributed by atoms with Crippen molar-refractivity contribution < 1.29 is 13.2 Å². The fourth-order valence-electron chi connectivity index (χ4n) is 2.05. The number of nitrogens with one attached hydrogen (secondary N) is 1. The molecule has 1 N–H and O–H groups in total. The Kier molecular flexibility index (Phi) is 3.07. The van der Waals surface area contributed by atoms with Crippen LogP contribution in [0.25, 0.3) is 16.7 Å². The predicted octanol–water partition coefficient (Wildman–Crippen LogP) is 4.76. The maximum absolute atomic E-state index is 13.9. The Bertz CT molecular complexity index is 862. The van der Waals surface area contributed by atoms with E-state index in [1.165, 1.54) is 4.57 Å². The fraction of sp³-hybridized carbons (Fsp3) is 0. The zero-order valence-corrected chi connectivity index (χ0v) is 11.3. The molecular weight excluding hydrogens is 309 g/mol. The van der Waals surface area contributed by atoms with Crippen molar-refractivity contribution in [3.63, 3.8) is 0 Å². The molecule has 2 aromatic carbocycles. The van der Waals surface area contributed by atoms with E-state index in [0.29, 0.717) is 28.2 Å². The van der Waals surface area contributed by atoms with Crippen LogP contribution < -0.4 is 0 Å². The average molecular weight is 315 g/mol. The van der Waals surface area contributed by atoms with Crippen LogP contribution in [0.15, 0.2) is 30.3 Å². The first-order valence-electron chi connectivity index (χ1n) is 5.52. The Hall–Kier alpha value is -1.79. The highest BCUT2D eigenvalue weighted by atomic mass is 35.5. The topological polar surface area (TPSA) is 20.7 Å². The molecule has 3 rings (SSSR count). The summed E-state index contributed by atoms with van der Waals surface area (Å²) >= 11 is 10.9. The van der Waals surface area contributed by atoms with Gasteiger partial charge in [-0.25, -0.2) is 13.2 Å². The molecule has 0 bridgehead atoms. The van der Waals surface area contributed by atoms with Gasteiger partial charge in [-0.1, -0.05) is 11.6 Å². The van der Waals surface area contributed by atoms with Gasteiger partial charge in [0.05, 0.1) is 11.0 Å². The van der Waals surface area contributed by atoms with E-state index in [4.69, 9.17) is 23.8 Å². The molecule has 102 valence electrons. The molecule has 0 aliphatic carbocycles. The summed E-state index contributed by atoms with van der Waals surface area (Å²) < 4.78 is 42.0. The third-order valence-corrected chi connectivity index (χ3v) is 3.37. The highest BCUT2D eigenvalue weighted by Crippen LogP contribution is 2.26. The molecule has 7 heteroatoms. The van der Waals surface area contributed by atoms with Crippen LogP contribution in [0.3, 0.4) is 0 Å². The fourth-order valence-corrected chi connectivity index (χ4v) is 2.53. The standard InChI is InChI=1S/C13H6ClF3N2S/c14-6-1-2-11-10(3-6)18-13(20)19(11)12-8(16)4-7(15)5-9(12)17/h1-5H,(H,18,20). The van der Waals surface area contributed by atoms with Gasteiger partial charge in [0, 0.05) is 17.2 Å². The SMILES string of the molecule is Fc1cc(F)c(-n2c(=S)[nH]c3cc(Cl)ccc32)c(F)c1. The van der Waals surface area contributed by atoms with Crippen LogP contribution in [0, 0.1) is 22.2 Å². The van der Waals surface area contributed by atoms with E-state index >= 15 is 0 Å². The van der Waals surface area contributed by atoms with Gasteiger partial charge in [-0.15, -0.1) is 0 Å². The lowest BCUT2D eigenvalue weighted by molar-refractivity contribution is 0.535. The van der Waals surface area contributed by atoms with Gasteiger partial charge in [0.15, 0.2) is 16.4 Å². The summed E-state index contributed by atoms with van der Waals surface area (Å²) in [5, 5.41) is 0.459. The van der Waals surface area contributed by atoms with Crippen molar-refractivity contribution in [3.05, 3.63) is 57.6 Å². The number of fused-ring (bicyclic) bond motifs is 1. The summed E-state index contributed by atoms with van der Waals surface area (Å²) in [5.41, 5.74) is 0.555. The number of hydrogen-bond donors (Lipinski definition) is 1. The second-order valence-electron chi connectivity index (χ2n) is 4.15. The molecule has 2 nitrogen and oxygen atoms in total. The van der Waals surface area contributed by atoms with Gasteiger partial charge >= 0.3 is 0 Å². The van der Waals surface area contributed by atoms with Gasteiger partial charge in [0.1, 0.15) is 11.5 Å². The summed E-state index contributed by atoms with van der Waals surface area (Å²) in [7, 11) is 0. The lowest BCUT2D eigenvalue weighted by Gasteiger charge is -2.07. The Morgan fingerprint density at radius 3 is 2.35 bits per heavy atom. The van der Waals surface area contributed by atoms with Crippen molar-refractivity contribution in [1.82, 2.24) is 9.55 Å². The monoisotopic (exact) mass is 314 g/mol. The molecule has 1 heterocycles. The molecule has 0 radical (unpaired) electrons. The lowest BCUT2D eigenvalue weighted by atomic mass is 10.2. The number of benzene rings is 2. The van der Waals surface area contributed by atoms with Crippen LogP contribution in [-0.2, 0) is 0 Å². The van der Waals surface area contributed by atoms with E-state index in [2.05, 4.69) is 4.98 Å². The normalized spacial score (nSPS) is 11.2. The van der Waals surface area contributed by atoms with E-state index in [1.54, 1.807) is 18.2 Å². The van der Waals surface area contributed by atoms with E-state index in [-0.39, 0.29) is 4.77 Å². The first kappa shape index (κ1) is 13.2. The number of H-pyrrole nitrogens is 1. The zero-order chi connectivity index (χ0) is 14.4. The number of nitrogens with zero attached hydrogens (tertiary/aromatic N) is 1. The first-order valence-corrected chi connectivity index (χ1v) is 6.31. The second kappa shape index (κ2) is 4.64. The molecule has 3 aromatic rings. The van der Waals surface area contributed by atoms with E-state index in [0.717, 1.165) is 0 Å². The van der Waals surface area contributed by atoms with Crippen molar-refractivity contribution in [2.24, 2.45) is 0 Å². The molecule has 0 amide bonds.